The van der Waals surface area contributed by atoms with Gasteiger partial charge in [-0.1, -0.05) is 48.5 Å². The van der Waals surface area contributed by atoms with Crippen LogP contribution in [-0.4, -0.2) is 26.5 Å². The lowest BCUT2D eigenvalue weighted by Crippen LogP contribution is -2.25. The van der Waals surface area contributed by atoms with Crippen LogP contribution in [0.5, 0.6) is 0 Å². The standard InChI is InChI=1S/C26H22N4O2/c1-17-11-25(31)21(24-12-19-9-5-6-10-22(19)28-24)13-23(17)29-26(32)20-14-27-30(16-20)15-18-7-3-2-4-8-18/h2-10,12-14,16,28H,11,15H2,1H3,(H,29,32). The first-order chi connectivity index (χ1) is 15.6. The highest BCUT2D eigenvalue weighted by atomic mass is 16.1. The average molecular weight is 422 g/mol. The van der Waals surface area contributed by atoms with Gasteiger partial charge in [0.25, 0.3) is 5.91 Å². The minimum absolute atomic E-state index is 0.0303. The molecular formula is C26H22N4O2. The lowest BCUT2D eigenvalue weighted by atomic mass is 9.93. The maximum absolute atomic E-state index is 12.9. The van der Waals surface area contributed by atoms with Crippen molar-refractivity contribution < 1.29 is 9.59 Å². The van der Waals surface area contributed by atoms with Crippen LogP contribution in [0, 0.1) is 0 Å². The molecule has 32 heavy (non-hydrogen) atoms. The second kappa shape index (κ2) is 8.15. The van der Waals surface area contributed by atoms with Gasteiger partial charge in [-0.3, -0.25) is 14.3 Å². The van der Waals surface area contributed by atoms with Crippen LogP contribution in [0.25, 0.3) is 16.5 Å². The summed E-state index contributed by atoms with van der Waals surface area (Å²) < 4.78 is 1.74. The van der Waals surface area contributed by atoms with Crippen molar-refractivity contribution in [2.24, 2.45) is 0 Å². The molecule has 158 valence electrons. The van der Waals surface area contributed by atoms with E-state index in [-0.39, 0.29) is 18.1 Å². The zero-order valence-electron chi connectivity index (χ0n) is 17.6. The number of amides is 1. The van der Waals surface area contributed by atoms with E-state index in [9.17, 15) is 9.59 Å². The fourth-order valence-corrected chi connectivity index (χ4v) is 3.90. The molecule has 0 spiro atoms. The van der Waals surface area contributed by atoms with E-state index in [4.69, 9.17) is 0 Å². The summed E-state index contributed by atoms with van der Waals surface area (Å²) in [6, 6.07) is 19.8. The van der Waals surface area contributed by atoms with Crippen LogP contribution in [0.4, 0.5) is 0 Å². The number of H-pyrrole nitrogens is 1. The van der Waals surface area contributed by atoms with Gasteiger partial charge in [0.05, 0.1) is 24.0 Å². The number of benzene rings is 2. The zero-order chi connectivity index (χ0) is 22.1. The Hall–Kier alpha value is -4.19. The Labute approximate surface area is 185 Å². The molecule has 2 N–H and O–H groups in total. The number of nitrogens with one attached hydrogen (secondary N) is 2. The SMILES string of the molecule is CC1=C(NC(=O)c2cnn(Cc3ccccc3)c2)C=C(c2cc3ccccc3[nH]2)C(=O)C1. The highest BCUT2D eigenvalue weighted by Gasteiger charge is 2.23. The molecule has 0 saturated carbocycles. The summed E-state index contributed by atoms with van der Waals surface area (Å²) in [5, 5.41) is 8.31. The van der Waals surface area contributed by atoms with Crippen LogP contribution >= 0.6 is 0 Å². The number of nitrogens with zero attached hydrogens (tertiary/aromatic N) is 2. The van der Waals surface area contributed by atoms with Gasteiger partial charge < -0.3 is 10.3 Å². The molecule has 1 aliphatic rings. The van der Waals surface area contributed by atoms with Gasteiger partial charge in [0.15, 0.2) is 5.78 Å². The maximum atomic E-state index is 12.9. The van der Waals surface area contributed by atoms with Crippen LogP contribution in [0.3, 0.4) is 0 Å². The molecule has 6 nitrogen and oxygen atoms in total. The number of carbonyl (C=O) groups is 2. The van der Waals surface area contributed by atoms with Crippen molar-refractivity contribution in [3.05, 3.63) is 107 Å². The second-order valence-corrected chi connectivity index (χ2v) is 7.99. The normalized spacial score (nSPS) is 14.0. The van der Waals surface area contributed by atoms with Gasteiger partial charge in [0.1, 0.15) is 0 Å². The molecule has 0 bridgehead atoms. The molecule has 5 rings (SSSR count). The molecule has 2 heterocycles. The number of Topliss-reactive ketones (excluding diaryl/α,β-unsaturated/α-hetero) is 1. The molecule has 1 amide bonds. The lowest BCUT2D eigenvalue weighted by Gasteiger charge is -2.17. The highest BCUT2D eigenvalue weighted by Crippen LogP contribution is 2.28. The smallest absolute Gasteiger partial charge is 0.258 e. The van der Waals surface area contributed by atoms with Gasteiger partial charge in [0.2, 0.25) is 0 Å². The summed E-state index contributed by atoms with van der Waals surface area (Å²) in [5.74, 6) is -0.219. The molecule has 0 radical (unpaired) electrons. The average Bonchev–Trinajstić information content (AvgIpc) is 3.43. The predicted octanol–water partition coefficient (Wildman–Crippen LogP) is 4.47. The Morgan fingerprint density at radius 2 is 1.91 bits per heavy atom. The second-order valence-electron chi connectivity index (χ2n) is 7.99. The fourth-order valence-electron chi connectivity index (χ4n) is 3.90. The third-order valence-electron chi connectivity index (χ3n) is 5.63. The number of fused-ring (bicyclic) bond motifs is 1. The number of aromatic nitrogens is 3. The first-order valence-electron chi connectivity index (χ1n) is 10.5. The van der Waals surface area contributed by atoms with E-state index in [1.54, 1.807) is 23.2 Å². The molecule has 4 aromatic rings. The molecule has 0 aliphatic heterocycles. The van der Waals surface area contributed by atoms with Crippen molar-refractivity contribution in [1.29, 1.82) is 0 Å². The number of hydrogen-bond donors (Lipinski definition) is 2. The number of ketones is 1. The van der Waals surface area contributed by atoms with Crippen LogP contribution in [0.2, 0.25) is 0 Å². The molecule has 1 aliphatic carbocycles. The summed E-state index contributed by atoms with van der Waals surface area (Å²) in [6.45, 7) is 2.46. The fraction of sp³-hybridized carbons (Fsp3) is 0.115. The van der Waals surface area contributed by atoms with E-state index in [1.807, 2.05) is 67.6 Å². The van der Waals surface area contributed by atoms with E-state index in [1.165, 1.54) is 0 Å². The Kier molecular flexibility index (Phi) is 5.03. The summed E-state index contributed by atoms with van der Waals surface area (Å²) in [5.41, 5.74) is 5.36. The molecule has 0 saturated heterocycles. The van der Waals surface area contributed by atoms with E-state index in [0.717, 1.165) is 27.7 Å². The van der Waals surface area contributed by atoms with Crippen LogP contribution < -0.4 is 5.32 Å². The number of hydrogen-bond acceptors (Lipinski definition) is 3. The van der Waals surface area contributed by atoms with Gasteiger partial charge in [-0.05, 0) is 36.3 Å². The van der Waals surface area contributed by atoms with Gasteiger partial charge in [0, 0.05) is 34.8 Å². The topological polar surface area (TPSA) is 79.8 Å². The molecular weight excluding hydrogens is 400 g/mol. The molecule has 2 aromatic heterocycles. The minimum Gasteiger partial charge on any atom is -0.354 e. The van der Waals surface area contributed by atoms with Gasteiger partial charge in [-0.15, -0.1) is 0 Å². The Morgan fingerprint density at radius 1 is 1.12 bits per heavy atom. The third kappa shape index (κ3) is 3.90. The van der Waals surface area contributed by atoms with Crippen molar-refractivity contribution in [3.63, 3.8) is 0 Å². The molecule has 0 fully saturated rings. The summed E-state index contributed by atoms with van der Waals surface area (Å²) in [4.78, 5) is 28.9. The number of rotatable bonds is 5. The highest BCUT2D eigenvalue weighted by molar-refractivity contribution is 6.23. The monoisotopic (exact) mass is 422 g/mol. The van der Waals surface area contributed by atoms with E-state index in [2.05, 4.69) is 15.4 Å². The first kappa shape index (κ1) is 19.8. The minimum atomic E-state index is -0.250. The Morgan fingerprint density at radius 3 is 2.72 bits per heavy atom. The maximum Gasteiger partial charge on any atom is 0.258 e. The number of aromatic amines is 1. The van der Waals surface area contributed by atoms with Crippen molar-refractivity contribution >= 4 is 28.2 Å². The summed E-state index contributed by atoms with van der Waals surface area (Å²) in [6.07, 6.45) is 5.32. The Bertz CT molecular complexity index is 1360. The van der Waals surface area contributed by atoms with E-state index in [0.29, 0.717) is 23.4 Å². The number of para-hydroxylation sites is 1. The molecule has 0 atom stereocenters. The Balaban J connectivity index is 1.36. The van der Waals surface area contributed by atoms with Crippen molar-refractivity contribution in [2.45, 2.75) is 19.9 Å². The number of allylic oxidation sites excluding steroid dienone is 3. The van der Waals surface area contributed by atoms with Crippen LogP contribution in [0.1, 0.15) is 35.0 Å². The van der Waals surface area contributed by atoms with Gasteiger partial charge >= 0.3 is 0 Å². The first-order valence-corrected chi connectivity index (χ1v) is 10.5. The number of carbonyl (C=O) groups excluding carboxylic acids is 2. The summed E-state index contributed by atoms with van der Waals surface area (Å²) in [7, 11) is 0. The van der Waals surface area contributed by atoms with Crippen molar-refractivity contribution in [2.75, 3.05) is 0 Å². The molecule has 6 heteroatoms. The third-order valence-corrected chi connectivity index (χ3v) is 5.63. The molecule has 0 unspecified atom stereocenters. The van der Waals surface area contributed by atoms with Gasteiger partial charge in [-0.2, -0.15) is 5.10 Å². The van der Waals surface area contributed by atoms with Crippen molar-refractivity contribution in [3.8, 4) is 0 Å². The zero-order valence-corrected chi connectivity index (χ0v) is 17.6. The van der Waals surface area contributed by atoms with E-state index < -0.39 is 0 Å². The van der Waals surface area contributed by atoms with Crippen LogP contribution in [0.15, 0.2) is 90.4 Å². The van der Waals surface area contributed by atoms with Gasteiger partial charge in [-0.25, -0.2) is 0 Å². The van der Waals surface area contributed by atoms with Crippen molar-refractivity contribution in [1.82, 2.24) is 20.1 Å². The largest absolute Gasteiger partial charge is 0.354 e. The lowest BCUT2D eigenvalue weighted by molar-refractivity contribution is -0.113. The quantitative estimate of drug-likeness (QED) is 0.498. The predicted molar refractivity (Wildman–Crippen MR) is 124 cm³/mol. The molecule has 2 aromatic carbocycles. The van der Waals surface area contributed by atoms with Crippen LogP contribution in [-0.2, 0) is 11.3 Å². The summed E-state index contributed by atoms with van der Waals surface area (Å²) >= 11 is 0. The van der Waals surface area contributed by atoms with E-state index >= 15 is 0 Å².